The van der Waals surface area contributed by atoms with Crippen LogP contribution in [-0.2, 0) is 9.53 Å². The molecule has 0 aliphatic carbocycles. The number of rotatable bonds is 3. The van der Waals surface area contributed by atoms with Crippen molar-refractivity contribution < 1.29 is 9.53 Å². The number of carbonyl (C=O) groups excluding carboxylic acids is 1. The summed E-state index contributed by atoms with van der Waals surface area (Å²) in [4.78, 5) is 19.7. The molecule has 1 atom stereocenters. The quantitative estimate of drug-likeness (QED) is 0.784. The Morgan fingerprint density at radius 1 is 0.955 bits per heavy atom. The van der Waals surface area contributed by atoms with E-state index in [1.54, 1.807) is 0 Å². The Balaban J connectivity index is 1.46. The number of likely N-dealkylation sites (tertiary alicyclic amines) is 2. The third kappa shape index (κ3) is 3.81. The summed E-state index contributed by atoms with van der Waals surface area (Å²) in [6, 6.07) is 0.780. The van der Waals surface area contributed by atoms with Crippen molar-refractivity contribution in [2.75, 3.05) is 52.5 Å². The van der Waals surface area contributed by atoms with E-state index in [4.69, 9.17) is 4.74 Å². The molecule has 22 heavy (non-hydrogen) atoms. The Bertz CT molecular complexity index is 357. The maximum Gasteiger partial charge on any atom is 0.239 e. The third-order valence-electron chi connectivity index (χ3n) is 5.63. The Labute approximate surface area is 134 Å². The number of hydrogen-bond donors (Lipinski definition) is 0. The maximum atomic E-state index is 12.6. The van der Waals surface area contributed by atoms with Crippen molar-refractivity contribution in [2.24, 2.45) is 0 Å². The van der Waals surface area contributed by atoms with E-state index in [9.17, 15) is 4.79 Å². The van der Waals surface area contributed by atoms with Crippen molar-refractivity contribution in [1.82, 2.24) is 14.7 Å². The molecule has 126 valence electrons. The SMILES string of the molecule is CC(C(=O)N1CCOCC1)N1CCC(N2CCCCC2)CC1. The highest BCUT2D eigenvalue weighted by Crippen LogP contribution is 2.22. The summed E-state index contributed by atoms with van der Waals surface area (Å²) < 4.78 is 5.34. The first-order valence-electron chi connectivity index (χ1n) is 9.10. The lowest BCUT2D eigenvalue weighted by Gasteiger charge is -2.42. The molecule has 0 aromatic heterocycles. The van der Waals surface area contributed by atoms with Crippen LogP contribution in [0.15, 0.2) is 0 Å². The minimum absolute atomic E-state index is 0.0282. The van der Waals surface area contributed by atoms with Crippen LogP contribution in [0.5, 0.6) is 0 Å². The second kappa shape index (κ2) is 7.75. The van der Waals surface area contributed by atoms with Crippen LogP contribution in [0.2, 0.25) is 0 Å². The van der Waals surface area contributed by atoms with Crippen LogP contribution in [0.25, 0.3) is 0 Å². The van der Waals surface area contributed by atoms with Crippen LogP contribution in [0.3, 0.4) is 0 Å². The molecule has 0 saturated carbocycles. The van der Waals surface area contributed by atoms with Gasteiger partial charge in [0.15, 0.2) is 0 Å². The number of morpholine rings is 1. The molecule has 1 unspecified atom stereocenters. The van der Waals surface area contributed by atoms with Gasteiger partial charge in [0.05, 0.1) is 19.3 Å². The van der Waals surface area contributed by atoms with Gasteiger partial charge >= 0.3 is 0 Å². The average Bonchev–Trinajstić information content (AvgIpc) is 2.62. The van der Waals surface area contributed by atoms with Gasteiger partial charge in [-0.1, -0.05) is 6.42 Å². The summed E-state index contributed by atoms with van der Waals surface area (Å²) in [5, 5.41) is 0. The van der Waals surface area contributed by atoms with Crippen LogP contribution in [0, 0.1) is 0 Å². The second-order valence-electron chi connectivity index (χ2n) is 6.98. The molecular weight excluding hydrogens is 278 g/mol. The first kappa shape index (κ1) is 16.2. The Hall–Kier alpha value is -0.650. The molecule has 3 saturated heterocycles. The minimum Gasteiger partial charge on any atom is -0.378 e. The van der Waals surface area contributed by atoms with E-state index >= 15 is 0 Å². The lowest BCUT2D eigenvalue weighted by atomic mass is 9.98. The molecule has 0 aromatic carbocycles. The van der Waals surface area contributed by atoms with Crippen molar-refractivity contribution in [3.05, 3.63) is 0 Å². The average molecular weight is 309 g/mol. The van der Waals surface area contributed by atoms with E-state index in [-0.39, 0.29) is 6.04 Å². The number of hydrogen-bond acceptors (Lipinski definition) is 4. The van der Waals surface area contributed by atoms with Crippen LogP contribution >= 0.6 is 0 Å². The van der Waals surface area contributed by atoms with E-state index in [0.717, 1.165) is 32.2 Å². The zero-order chi connectivity index (χ0) is 15.4. The molecule has 5 heteroatoms. The van der Waals surface area contributed by atoms with Gasteiger partial charge in [-0.3, -0.25) is 9.69 Å². The van der Waals surface area contributed by atoms with E-state index in [1.807, 2.05) is 4.90 Å². The van der Waals surface area contributed by atoms with Gasteiger partial charge in [-0.25, -0.2) is 0 Å². The summed E-state index contributed by atoms with van der Waals surface area (Å²) in [7, 11) is 0. The fraction of sp³-hybridized carbons (Fsp3) is 0.941. The zero-order valence-corrected chi connectivity index (χ0v) is 14.0. The smallest absolute Gasteiger partial charge is 0.239 e. The van der Waals surface area contributed by atoms with Crippen LogP contribution in [0.1, 0.15) is 39.0 Å². The molecule has 0 radical (unpaired) electrons. The zero-order valence-electron chi connectivity index (χ0n) is 14.0. The highest BCUT2D eigenvalue weighted by Gasteiger charge is 2.31. The molecule has 0 aromatic rings. The number of nitrogens with zero attached hydrogens (tertiary/aromatic N) is 3. The molecule has 3 rings (SSSR count). The monoisotopic (exact) mass is 309 g/mol. The van der Waals surface area contributed by atoms with Crippen molar-refractivity contribution in [1.29, 1.82) is 0 Å². The predicted octanol–water partition coefficient (Wildman–Crippen LogP) is 1.18. The third-order valence-corrected chi connectivity index (χ3v) is 5.63. The van der Waals surface area contributed by atoms with E-state index in [0.29, 0.717) is 19.1 Å². The number of ether oxygens (including phenoxy) is 1. The minimum atomic E-state index is 0.0282. The fourth-order valence-corrected chi connectivity index (χ4v) is 4.13. The Kier molecular flexibility index (Phi) is 5.71. The lowest BCUT2D eigenvalue weighted by Crippen LogP contribution is -2.54. The van der Waals surface area contributed by atoms with Gasteiger partial charge in [0.2, 0.25) is 5.91 Å². The second-order valence-corrected chi connectivity index (χ2v) is 6.98. The van der Waals surface area contributed by atoms with Crippen molar-refractivity contribution in [2.45, 2.75) is 51.1 Å². The summed E-state index contributed by atoms with van der Waals surface area (Å²) in [5.41, 5.74) is 0. The molecular formula is C17H31N3O2. The Morgan fingerprint density at radius 3 is 2.23 bits per heavy atom. The normalized spacial score (nSPS) is 27.8. The molecule has 0 bridgehead atoms. The van der Waals surface area contributed by atoms with E-state index in [1.165, 1.54) is 45.2 Å². The van der Waals surface area contributed by atoms with Crippen LogP contribution < -0.4 is 0 Å². The first-order valence-corrected chi connectivity index (χ1v) is 9.10. The van der Waals surface area contributed by atoms with E-state index < -0.39 is 0 Å². The van der Waals surface area contributed by atoms with Crippen molar-refractivity contribution in [3.63, 3.8) is 0 Å². The molecule has 1 amide bonds. The van der Waals surface area contributed by atoms with Crippen molar-refractivity contribution in [3.8, 4) is 0 Å². The van der Waals surface area contributed by atoms with Gasteiger partial charge in [0.25, 0.3) is 0 Å². The Morgan fingerprint density at radius 2 is 1.59 bits per heavy atom. The number of amides is 1. The maximum absolute atomic E-state index is 12.6. The molecule has 5 nitrogen and oxygen atoms in total. The van der Waals surface area contributed by atoms with Gasteiger partial charge in [-0.05, 0) is 45.7 Å². The fourth-order valence-electron chi connectivity index (χ4n) is 4.13. The van der Waals surface area contributed by atoms with Crippen molar-refractivity contribution >= 4 is 5.91 Å². The van der Waals surface area contributed by atoms with E-state index in [2.05, 4.69) is 16.7 Å². The predicted molar refractivity (Wildman–Crippen MR) is 86.9 cm³/mol. The van der Waals surface area contributed by atoms with Gasteiger partial charge in [-0.2, -0.15) is 0 Å². The molecule has 3 aliphatic rings. The summed E-state index contributed by atoms with van der Waals surface area (Å²) in [5.74, 6) is 0.291. The molecule has 0 spiro atoms. The van der Waals surface area contributed by atoms with Crippen LogP contribution in [0.4, 0.5) is 0 Å². The largest absolute Gasteiger partial charge is 0.378 e. The molecule has 3 aliphatic heterocycles. The lowest BCUT2D eigenvalue weighted by molar-refractivity contribution is -0.141. The molecule has 0 N–H and O–H groups in total. The van der Waals surface area contributed by atoms with Gasteiger partial charge in [0, 0.05) is 32.2 Å². The standard InChI is InChI=1S/C17H31N3O2/c1-15(17(21)20-11-13-22-14-12-20)18-9-5-16(6-10-18)19-7-3-2-4-8-19/h15-16H,2-14H2,1H3. The van der Waals surface area contributed by atoms with Gasteiger partial charge in [-0.15, -0.1) is 0 Å². The van der Waals surface area contributed by atoms with Crippen LogP contribution in [-0.4, -0.2) is 85.2 Å². The number of carbonyl (C=O) groups is 1. The topological polar surface area (TPSA) is 36.0 Å². The molecule has 3 heterocycles. The number of piperidine rings is 2. The molecule has 3 fully saturated rings. The highest BCUT2D eigenvalue weighted by molar-refractivity contribution is 5.81. The highest BCUT2D eigenvalue weighted by atomic mass is 16.5. The van der Waals surface area contributed by atoms with Gasteiger partial charge < -0.3 is 14.5 Å². The van der Waals surface area contributed by atoms with Gasteiger partial charge in [0.1, 0.15) is 0 Å². The summed E-state index contributed by atoms with van der Waals surface area (Å²) in [6.45, 7) is 9.68. The first-order chi connectivity index (χ1) is 10.8. The summed E-state index contributed by atoms with van der Waals surface area (Å²) >= 11 is 0. The summed E-state index contributed by atoms with van der Waals surface area (Å²) in [6.07, 6.45) is 6.58.